The molecule has 0 unspecified atom stereocenters. The maximum absolute atomic E-state index is 9.00. The van der Waals surface area contributed by atoms with Crippen LogP contribution < -0.4 is 5.73 Å². The molecule has 0 spiro atoms. The average Bonchev–Trinajstić information content (AvgIpc) is 2.94. The van der Waals surface area contributed by atoms with Crippen molar-refractivity contribution in [1.82, 2.24) is 19.5 Å². The van der Waals surface area contributed by atoms with Gasteiger partial charge in [-0.15, -0.1) is 0 Å². The summed E-state index contributed by atoms with van der Waals surface area (Å²) in [5.41, 5.74) is 6.96. The van der Waals surface area contributed by atoms with Crippen LogP contribution in [0.2, 0.25) is 0 Å². The number of nitrogens with two attached hydrogens (primary N) is 1. The Kier molecular flexibility index (Phi) is 2.27. The SMILES string of the molecule is Nc1ncnc2ncn([C@@H]3C=C[C@H](CO)O3)c12. The van der Waals surface area contributed by atoms with Gasteiger partial charge in [0, 0.05) is 0 Å². The molecule has 88 valence electrons. The van der Waals surface area contributed by atoms with Gasteiger partial charge in [0.25, 0.3) is 0 Å². The number of nitrogen functional groups attached to an aromatic ring is 1. The highest BCUT2D eigenvalue weighted by molar-refractivity contribution is 5.81. The van der Waals surface area contributed by atoms with Gasteiger partial charge in [0.15, 0.2) is 17.7 Å². The Labute approximate surface area is 96.6 Å². The summed E-state index contributed by atoms with van der Waals surface area (Å²) in [5, 5.41) is 9.00. The Hall–Kier alpha value is -1.99. The third-order valence-electron chi connectivity index (χ3n) is 2.65. The molecule has 2 aromatic rings. The maximum atomic E-state index is 9.00. The molecule has 0 amide bonds. The van der Waals surface area contributed by atoms with Crippen LogP contribution in [0, 0.1) is 0 Å². The van der Waals surface area contributed by atoms with Gasteiger partial charge in [-0.05, 0) is 6.08 Å². The molecule has 7 nitrogen and oxygen atoms in total. The Morgan fingerprint density at radius 3 is 3.00 bits per heavy atom. The van der Waals surface area contributed by atoms with Crippen LogP contribution in [-0.4, -0.2) is 37.3 Å². The molecule has 3 N–H and O–H groups in total. The summed E-state index contributed by atoms with van der Waals surface area (Å²) >= 11 is 0. The maximum Gasteiger partial charge on any atom is 0.183 e. The van der Waals surface area contributed by atoms with Gasteiger partial charge in [0.1, 0.15) is 24.3 Å². The van der Waals surface area contributed by atoms with E-state index in [0.717, 1.165) is 0 Å². The van der Waals surface area contributed by atoms with Crippen LogP contribution in [-0.2, 0) is 4.74 Å². The minimum Gasteiger partial charge on any atom is -0.393 e. The van der Waals surface area contributed by atoms with E-state index in [2.05, 4.69) is 15.0 Å². The van der Waals surface area contributed by atoms with Crippen LogP contribution in [0.15, 0.2) is 24.8 Å². The summed E-state index contributed by atoms with van der Waals surface area (Å²) in [4.78, 5) is 12.1. The zero-order valence-electron chi connectivity index (χ0n) is 8.89. The summed E-state index contributed by atoms with van der Waals surface area (Å²) < 4.78 is 7.32. The molecule has 0 fully saturated rings. The first-order valence-electron chi connectivity index (χ1n) is 5.17. The topological polar surface area (TPSA) is 99.1 Å². The number of anilines is 1. The van der Waals surface area contributed by atoms with E-state index in [4.69, 9.17) is 15.6 Å². The molecule has 17 heavy (non-hydrogen) atoms. The molecule has 2 atom stereocenters. The zero-order chi connectivity index (χ0) is 11.8. The molecule has 0 saturated carbocycles. The molecule has 3 heterocycles. The Bertz CT molecular complexity index is 579. The van der Waals surface area contributed by atoms with Crippen molar-refractivity contribution in [1.29, 1.82) is 0 Å². The molecule has 0 aliphatic carbocycles. The largest absolute Gasteiger partial charge is 0.393 e. The number of fused-ring (bicyclic) bond motifs is 1. The van der Waals surface area contributed by atoms with Gasteiger partial charge >= 0.3 is 0 Å². The van der Waals surface area contributed by atoms with Gasteiger partial charge in [-0.2, -0.15) is 0 Å². The molecule has 1 aliphatic heterocycles. The number of aromatic nitrogens is 4. The van der Waals surface area contributed by atoms with Crippen molar-refractivity contribution < 1.29 is 9.84 Å². The van der Waals surface area contributed by atoms with Crippen molar-refractivity contribution >= 4 is 17.0 Å². The summed E-state index contributed by atoms with van der Waals surface area (Å²) in [6, 6.07) is 0. The zero-order valence-corrected chi connectivity index (χ0v) is 8.89. The fraction of sp³-hybridized carbons (Fsp3) is 0.300. The van der Waals surface area contributed by atoms with Gasteiger partial charge in [-0.3, -0.25) is 4.57 Å². The molecule has 3 rings (SSSR count). The van der Waals surface area contributed by atoms with Gasteiger partial charge in [0.2, 0.25) is 0 Å². The monoisotopic (exact) mass is 233 g/mol. The quantitative estimate of drug-likeness (QED) is 0.700. The van der Waals surface area contributed by atoms with E-state index in [1.54, 1.807) is 17.0 Å². The van der Waals surface area contributed by atoms with Crippen LogP contribution >= 0.6 is 0 Å². The fourth-order valence-electron chi connectivity index (χ4n) is 1.84. The Morgan fingerprint density at radius 2 is 2.24 bits per heavy atom. The summed E-state index contributed by atoms with van der Waals surface area (Å²) in [6.45, 7) is -0.0500. The first kappa shape index (κ1) is 10.2. The highest BCUT2D eigenvalue weighted by atomic mass is 16.5. The van der Waals surface area contributed by atoms with E-state index in [-0.39, 0.29) is 18.9 Å². The molecule has 0 saturated heterocycles. The van der Waals surface area contributed by atoms with E-state index in [1.165, 1.54) is 6.33 Å². The van der Waals surface area contributed by atoms with E-state index >= 15 is 0 Å². The van der Waals surface area contributed by atoms with Crippen LogP contribution in [0.25, 0.3) is 11.2 Å². The summed E-state index contributed by atoms with van der Waals surface area (Å²) in [5.74, 6) is 0.358. The standard InChI is InChI=1S/C10H11N5O2/c11-9-8-10(13-4-12-9)14-5-15(8)7-2-1-6(3-16)17-7/h1-2,4-7,16H,3H2,(H2,11,12,13)/t6-,7+/m1/s1. The first-order chi connectivity index (χ1) is 8.29. The highest BCUT2D eigenvalue weighted by Crippen LogP contribution is 2.26. The second kappa shape index (κ2) is 3.79. The molecule has 1 aliphatic rings. The lowest BCUT2D eigenvalue weighted by atomic mass is 10.4. The molecule has 7 heteroatoms. The van der Waals surface area contributed by atoms with E-state index in [9.17, 15) is 0 Å². The number of aliphatic hydroxyl groups is 1. The number of hydrogen-bond acceptors (Lipinski definition) is 6. The molecule has 0 aromatic carbocycles. The lowest BCUT2D eigenvalue weighted by Gasteiger charge is -2.14. The minimum atomic E-state index is -0.328. The second-order valence-corrected chi connectivity index (χ2v) is 3.72. The predicted molar refractivity (Wildman–Crippen MR) is 59.9 cm³/mol. The van der Waals surface area contributed by atoms with Gasteiger partial charge in [-0.25, -0.2) is 15.0 Å². The van der Waals surface area contributed by atoms with E-state index in [1.807, 2.05) is 6.08 Å². The summed E-state index contributed by atoms with van der Waals surface area (Å²) in [7, 11) is 0. The van der Waals surface area contributed by atoms with Gasteiger partial charge in [-0.1, -0.05) is 6.08 Å². The number of nitrogens with zero attached hydrogens (tertiary/aromatic N) is 4. The van der Waals surface area contributed by atoms with Crippen LogP contribution in [0.4, 0.5) is 5.82 Å². The number of aliphatic hydroxyl groups excluding tert-OH is 1. The molecule has 2 aromatic heterocycles. The third kappa shape index (κ3) is 1.56. The third-order valence-corrected chi connectivity index (χ3v) is 2.65. The van der Waals surface area contributed by atoms with E-state index < -0.39 is 0 Å². The Balaban J connectivity index is 2.05. The lowest BCUT2D eigenvalue weighted by molar-refractivity contribution is -0.00613. The number of imidazole rings is 1. The summed E-state index contributed by atoms with van der Waals surface area (Å²) in [6.07, 6.45) is 6.00. The molecular formula is C10H11N5O2. The molecule has 0 bridgehead atoms. The second-order valence-electron chi connectivity index (χ2n) is 3.72. The van der Waals surface area contributed by atoms with Gasteiger partial charge in [0.05, 0.1) is 6.61 Å². The van der Waals surface area contributed by atoms with Crippen LogP contribution in [0.3, 0.4) is 0 Å². The Morgan fingerprint density at radius 1 is 1.35 bits per heavy atom. The van der Waals surface area contributed by atoms with Crippen molar-refractivity contribution in [2.45, 2.75) is 12.3 Å². The van der Waals surface area contributed by atoms with Gasteiger partial charge < -0.3 is 15.6 Å². The minimum absolute atomic E-state index is 0.0500. The molecule has 0 radical (unpaired) electrons. The van der Waals surface area contributed by atoms with Crippen molar-refractivity contribution in [3.63, 3.8) is 0 Å². The van der Waals surface area contributed by atoms with Crippen LogP contribution in [0.1, 0.15) is 6.23 Å². The fourth-order valence-corrected chi connectivity index (χ4v) is 1.84. The average molecular weight is 233 g/mol. The van der Waals surface area contributed by atoms with Crippen LogP contribution in [0.5, 0.6) is 0 Å². The predicted octanol–water partition coefficient (Wildman–Crippen LogP) is -0.146. The molecular weight excluding hydrogens is 222 g/mol. The number of ether oxygens (including phenoxy) is 1. The van der Waals surface area contributed by atoms with Crippen molar-refractivity contribution in [2.24, 2.45) is 0 Å². The van der Waals surface area contributed by atoms with E-state index in [0.29, 0.717) is 17.0 Å². The normalized spacial score (nSPS) is 23.6. The smallest absolute Gasteiger partial charge is 0.183 e. The van der Waals surface area contributed by atoms with Crippen molar-refractivity contribution in [3.05, 3.63) is 24.8 Å². The van der Waals surface area contributed by atoms with Crippen molar-refractivity contribution in [3.8, 4) is 0 Å². The first-order valence-corrected chi connectivity index (χ1v) is 5.17. The number of rotatable bonds is 2. The van der Waals surface area contributed by atoms with Crippen molar-refractivity contribution in [2.75, 3.05) is 12.3 Å². The number of hydrogen-bond donors (Lipinski definition) is 2. The lowest BCUT2D eigenvalue weighted by Crippen LogP contribution is -2.15. The highest BCUT2D eigenvalue weighted by Gasteiger charge is 2.22.